The number of hydrogen-bond acceptors (Lipinski definition) is 3. The first-order chi connectivity index (χ1) is 12.5. The van der Waals surface area contributed by atoms with E-state index in [-0.39, 0.29) is 17.7 Å². The molecule has 1 aliphatic carbocycles. The molecule has 3 aliphatic rings. The lowest BCUT2D eigenvalue weighted by Gasteiger charge is -2.34. The Morgan fingerprint density at radius 2 is 1.96 bits per heavy atom. The first-order valence-electron chi connectivity index (χ1n) is 10.0. The summed E-state index contributed by atoms with van der Waals surface area (Å²) in [6.45, 7) is 3.60. The summed E-state index contributed by atoms with van der Waals surface area (Å²) in [6.07, 6.45) is 6.74. The number of carbonyl (C=O) groups excluding carboxylic acids is 2. The average Bonchev–Trinajstić information content (AvgIpc) is 3.03. The molecule has 1 aromatic carbocycles. The molecule has 2 amide bonds. The maximum absolute atomic E-state index is 13.2. The second-order valence-corrected chi connectivity index (χ2v) is 8.30. The van der Waals surface area contributed by atoms with Crippen LogP contribution in [0.5, 0.6) is 0 Å². The van der Waals surface area contributed by atoms with Gasteiger partial charge in [0.1, 0.15) is 0 Å². The highest BCUT2D eigenvalue weighted by molar-refractivity contribution is 6.00. The van der Waals surface area contributed by atoms with Crippen molar-refractivity contribution >= 4 is 23.2 Å². The quantitative estimate of drug-likeness (QED) is 0.830. The highest BCUT2D eigenvalue weighted by Crippen LogP contribution is 2.35. The maximum Gasteiger partial charge on any atom is 0.232 e. The van der Waals surface area contributed by atoms with Gasteiger partial charge in [0, 0.05) is 36.9 Å². The van der Waals surface area contributed by atoms with Crippen LogP contribution in [0.15, 0.2) is 18.2 Å². The first-order valence-corrected chi connectivity index (χ1v) is 10.0. The van der Waals surface area contributed by atoms with Crippen LogP contribution in [-0.4, -0.2) is 35.8 Å². The van der Waals surface area contributed by atoms with Gasteiger partial charge < -0.3 is 15.5 Å². The molecule has 140 valence electrons. The van der Waals surface area contributed by atoms with Crippen LogP contribution in [0.1, 0.15) is 51.0 Å². The van der Waals surface area contributed by atoms with E-state index >= 15 is 0 Å². The summed E-state index contributed by atoms with van der Waals surface area (Å²) in [5.74, 6) is 0.801. The van der Waals surface area contributed by atoms with Crippen LogP contribution < -0.4 is 10.6 Å². The number of amides is 2. The van der Waals surface area contributed by atoms with E-state index in [0.717, 1.165) is 55.1 Å². The van der Waals surface area contributed by atoms with Gasteiger partial charge in [-0.1, -0.05) is 13.0 Å². The molecule has 0 aromatic heterocycles. The van der Waals surface area contributed by atoms with Gasteiger partial charge in [0.15, 0.2) is 0 Å². The minimum absolute atomic E-state index is 0.0941. The van der Waals surface area contributed by atoms with Gasteiger partial charge in [0.2, 0.25) is 11.8 Å². The molecule has 2 heterocycles. The summed E-state index contributed by atoms with van der Waals surface area (Å²) < 4.78 is 0. The Morgan fingerprint density at radius 3 is 2.73 bits per heavy atom. The van der Waals surface area contributed by atoms with Crippen molar-refractivity contribution in [1.82, 2.24) is 4.90 Å². The smallest absolute Gasteiger partial charge is 0.232 e. The number of fused-ring (bicyclic) bond motifs is 1. The predicted octanol–water partition coefficient (Wildman–Crippen LogP) is 2.98. The van der Waals surface area contributed by atoms with Crippen LogP contribution in [-0.2, 0) is 16.0 Å². The van der Waals surface area contributed by atoms with Crippen LogP contribution >= 0.6 is 0 Å². The van der Waals surface area contributed by atoms with E-state index in [9.17, 15) is 9.59 Å². The lowest BCUT2D eigenvalue weighted by Crippen LogP contribution is -2.42. The molecule has 1 unspecified atom stereocenters. The zero-order valence-electron chi connectivity index (χ0n) is 15.6. The third-order valence-electron chi connectivity index (χ3n) is 6.49. The molecule has 0 radical (unpaired) electrons. The van der Waals surface area contributed by atoms with Crippen molar-refractivity contribution < 1.29 is 9.59 Å². The molecule has 1 saturated carbocycles. The molecular formula is C21H29N3O2. The third kappa shape index (κ3) is 3.08. The van der Waals surface area contributed by atoms with Gasteiger partial charge >= 0.3 is 0 Å². The number of nitrogens with two attached hydrogens (primary N) is 1. The van der Waals surface area contributed by atoms with E-state index in [1.807, 2.05) is 28.0 Å². The molecule has 2 N–H and O–H groups in total. The fraction of sp³-hybridized carbons (Fsp3) is 0.619. The number of rotatable bonds is 2. The zero-order chi connectivity index (χ0) is 18.3. The van der Waals surface area contributed by atoms with Crippen molar-refractivity contribution in [3.63, 3.8) is 0 Å². The van der Waals surface area contributed by atoms with Gasteiger partial charge in [-0.15, -0.1) is 0 Å². The first kappa shape index (κ1) is 17.4. The molecular weight excluding hydrogens is 326 g/mol. The van der Waals surface area contributed by atoms with Crippen molar-refractivity contribution in [2.45, 2.75) is 57.9 Å². The molecule has 4 rings (SSSR count). The van der Waals surface area contributed by atoms with E-state index in [0.29, 0.717) is 19.0 Å². The highest BCUT2D eigenvalue weighted by Gasteiger charge is 2.41. The van der Waals surface area contributed by atoms with Gasteiger partial charge in [-0.3, -0.25) is 9.59 Å². The number of hydrogen-bond donors (Lipinski definition) is 1. The standard InChI is InChI=1S/C21H29N3O2/c1-14-7-9-16(10-8-14)24-13-15(12-20(24)25)21(26)23-11-3-4-17-18(22)5-2-6-19(17)23/h2,5-6,14-16H,3-4,7-13,22H2,1H3. The summed E-state index contributed by atoms with van der Waals surface area (Å²) in [6, 6.07) is 6.13. The van der Waals surface area contributed by atoms with Crippen LogP contribution in [0.4, 0.5) is 11.4 Å². The minimum Gasteiger partial charge on any atom is -0.398 e. The van der Waals surface area contributed by atoms with Crippen LogP contribution in [0.25, 0.3) is 0 Å². The van der Waals surface area contributed by atoms with Crippen molar-refractivity contribution in [3.05, 3.63) is 23.8 Å². The van der Waals surface area contributed by atoms with E-state index in [2.05, 4.69) is 6.92 Å². The second-order valence-electron chi connectivity index (χ2n) is 8.30. The van der Waals surface area contributed by atoms with E-state index in [4.69, 9.17) is 5.73 Å². The Kier molecular flexibility index (Phi) is 4.63. The van der Waals surface area contributed by atoms with Gasteiger partial charge in [0.25, 0.3) is 0 Å². The summed E-state index contributed by atoms with van der Waals surface area (Å²) >= 11 is 0. The van der Waals surface area contributed by atoms with Gasteiger partial charge in [0.05, 0.1) is 5.92 Å². The number of carbonyl (C=O) groups is 2. The molecule has 0 bridgehead atoms. The molecule has 1 saturated heterocycles. The molecule has 1 aromatic rings. The van der Waals surface area contributed by atoms with Gasteiger partial charge in [-0.05, 0) is 62.1 Å². The molecule has 26 heavy (non-hydrogen) atoms. The summed E-state index contributed by atoms with van der Waals surface area (Å²) in [4.78, 5) is 29.7. The minimum atomic E-state index is -0.214. The molecule has 0 spiro atoms. The van der Waals surface area contributed by atoms with E-state index in [1.54, 1.807) is 0 Å². The summed E-state index contributed by atoms with van der Waals surface area (Å²) in [5, 5.41) is 0. The Balaban J connectivity index is 1.48. The molecule has 2 aliphatic heterocycles. The molecule has 2 fully saturated rings. The van der Waals surface area contributed by atoms with Crippen molar-refractivity contribution in [2.75, 3.05) is 23.7 Å². The monoisotopic (exact) mass is 355 g/mol. The fourth-order valence-electron chi connectivity index (χ4n) is 4.91. The molecule has 1 atom stereocenters. The number of nitrogen functional groups attached to an aromatic ring is 1. The molecule has 5 heteroatoms. The van der Waals surface area contributed by atoms with Crippen molar-refractivity contribution in [2.24, 2.45) is 11.8 Å². The summed E-state index contributed by atoms with van der Waals surface area (Å²) in [7, 11) is 0. The normalized spacial score (nSPS) is 29.0. The maximum atomic E-state index is 13.2. The van der Waals surface area contributed by atoms with Crippen LogP contribution in [0.2, 0.25) is 0 Å². The van der Waals surface area contributed by atoms with Gasteiger partial charge in [-0.25, -0.2) is 0 Å². The number of likely N-dealkylation sites (tertiary alicyclic amines) is 1. The highest BCUT2D eigenvalue weighted by atomic mass is 16.2. The summed E-state index contributed by atoms with van der Waals surface area (Å²) in [5.41, 5.74) is 8.90. The zero-order valence-corrected chi connectivity index (χ0v) is 15.6. The predicted molar refractivity (Wildman–Crippen MR) is 103 cm³/mol. The Hall–Kier alpha value is -2.04. The number of benzene rings is 1. The third-order valence-corrected chi connectivity index (χ3v) is 6.49. The lowest BCUT2D eigenvalue weighted by atomic mass is 9.86. The Labute approximate surface area is 155 Å². The van der Waals surface area contributed by atoms with Crippen LogP contribution in [0.3, 0.4) is 0 Å². The lowest BCUT2D eigenvalue weighted by molar-refractivity contribution is -0.130. The second kappa shape index (κ2) is 6.93. The topological polar surface area (TPSA) is 66.6 Å². The van der Waals surface area contributed by atoms with Gasteiger partial charge in [-0.2, -0.15) is 0 Å². The number of nitrogens with zero attached hydrogens (tertiary/aromatic N) is 2. The van der Waals surface area contributed by atoms with E-state index < -0.39 is 0 Å². The van der Waals surface area contributed by atoms with Crippen LogP contribution in [0, 0.1) is 11.8 Å². The fourth-order valence-corrected chi connectivity index (χ4v) is 4.91. The SMILES string of the molecule is CC1CCC(N2CC(C(=O)N3CCCc4c(N)cccc43)CC2=O)CC1. The Morgan fingerprint density at radius 1 is 1.19 bits per heavy atom. The number of anilines is 2. The average molecular weight is 355 g/mol. The van der Waals surface area contributed by atoms with Crippen molar-refractivity contribution in [3.8, 4) is 0 Å². The largest absolute Gasteiger partial charge is 0.398 e. The molecule has 5 nitrogen and oxygen atoms in total. The van der Waals surface area contributed by atoms with Crippen molar-refractivity contribution in [1.29, 1.82) is 0 Å². The van der Waals surface area contributed by atoms with E-state index in [1.165, 1.54) is 12.8 Å². The Bertz CT molecular complexity index is 709.